The Morgan fingerprint density at radius 3 is 0.985 bits per heavy atom. The molecule has 0 aromatic heterocycles. The van der Waals surface area contributed by atoms with Gasteiger partial charge < -0.3 is 14.6 Å². The van der Waals surface area contributed by atoms with E-state index in [9.17, 15) is 14.7 Å². The Balaban J connectivity index is 3.67. The zero-order valence-electron chi connectivity index (χ0n) is 42.7. The van der Waals surface area contributed by atoms with Crippen LogP contribution in [0.3, 0.4) is 0 Å². The number of allylic oxidation sites excluding steroid dienone is 20. The topological polar surface area (TPSA) is 72.8 Å². The lowest BCUT2D eigenvalue weighted by Gasteiger charge is -2.15. The van der Waals surface area contributed by atoms with Crippen LogP contribution in [0.4, 0.5) is 0 Å². The van der Waals surface area contributed by atoms with Crippen LogP contribution < -0.4 is 0 Å². The van der Waals surface area contributed by atoms with Crippen LogP contribution in [0.5, 0.6) is 0 Å². The third-order valence-electron chi connectivity index (χ3n) is 11.3. The van der Waals surface area contributed by atoms with Crippen molar-refractivity contribution in [2.45, 2.75) is 238 Å². The van der Waals surface area contributed by atoms with Gasteiger partial charge in [0.1, 0.15) is 6.61 Å². The lowest BCUT2D eigenvalue weighted by atomic mass is 10.0. The molecule has 0 aliphatic carbocycles. The van der Waals surface area contributed by atoms with Crippen molar-refractivity contribution < 1.29 is 24.2 Å². The molecule has 1 N–H and O–H groups in total. The number of carbonyl (C=O) groups excluding carboxylic acids is 2. The first-order valence-electron chi connectivity index (χ1n) is 27.1. The fourth-order valence-corrected chi connectivity index (χ4v) is 7.23. The van der Waals surface area contributed by atoms with Gasteiger partial charge in [-0.2, -0.15) is 0 Å². The first-order chi connectivity index (χ1) is 32.6. The van der Waals surface area contributed by atoms with Gasteiger partial charge in [-0.05, 0) is 89.9 Å². The molecule has 0 spiro atoms. The van der Waals surface area contributed by atoms with Gasteiger partial charge in [0.2, 0.25) is 0 Å². The predicted molar refractivity (Wildman–Crippen MR) is 288 cm³/mol. The fourth-order valence-electron chi connectivity index (χ4n) is 7.23. The summed E-state index contributed by atoms with van der Waals surface area (Å²) in [4.78, 5) is 24.5. The first-order valence-corrected chi connectivity index (χ1v) is 27.1. The average Bonchev–Trinajstić information content (AvgIpc) is 3.32. The molecule has 1 atom stereocenters. The number of unbranched alkanes of at least 4 members (excludes halogenated alkanes) is 20. The molecule has 5 nitrogen and oxygen atoms in total. The molecule has 0 saturated heterocycles. The largest absolute Gasteiger partial charge is 0.462 e. The van der Waals surface area contributed by atoms with Gasteiger partial charge >= 0.3 is 11.9 Å². The highest BCUT2D eigenvalue weighted by Gasteiger charge is 2.16. The molecule has 0 radical (unpaired) electrons. The molecule has 0 aromatic rings. The molecule has 0 aliphatic heterocycles. The monoisotopic (exact) mass is 913 g/mol. The molecule has 374 valence electrons. The Kier molecular flexibility index (Phi) is 52.5. The number of aliphatic hydroxyl groups excluding tert-OH is 1. The van der Waals surface area contributed by atoms with Crippen molar-refractivity contribution in [1.82, 2.24) is 0 Å². The normalized spacial score (nSPS) is 13.2. The van der Waals surface area contributed by atoms with E-state index in [4.69, 9.17) is 9.47 Å². The van der Waals surface area contributed by atoms with Crippen molar-refractivity contribution in [2.24, 2.45) is 0 Å². The van der Waals surface area contributed by atoms with Crippen molar-refractivity contribution in [3.05, 3.63) is 122 Å². The molecule has 5 heteroatoms. The van der Waals surface area contributed by atoms with Gasteiger partial charge in [-0.15, -0.1) is 0 Å². The van der Waals surface area contributed by atoms with Gasteiger partial charge in [-0.25, -0.2) is 0 Å². The number of esters is 2. The third kappa shape index (κ3) is 52.9. The van der Waals surface area contributed by atoms with Crippen molar-refractivity contribution in [1.29, 1.82) is 0 Å². The summed E-state index contributed by atoms with van der Waals surface area (Å²) in [5.74, 6) is -0.643. The van der Waals surface area contributed by atoms with Gasteiger partial charge in [-0.1, -0.05) is 251 Å². The van der Waals surface area contributed by atoms with E-state index in [2.05, 4.69) is 135 Å². The van der Waals surface area contributed by atoms with Crippen molar-refractivity contribution in [3.63, 3.8) is 0 Å². The van der Waals surface area contributed by atoms with Crippen molar-refractivity contribution >= 4 is 11.9 Å². The summed E-state index contributed by atoms with van der Waals surface area (Å²) < 4.78 is 10.7. The Bertz CT molecular complexity index is 1350. The molecule has 0 fully saturated rings. The minimum Gasteiger partial charge on any atom is -0.462 e. The standard InChI is InChI=1S/C61H100O5/c1-3-5-7-9-11-13-15-17-19-21-23-24-25-26-27-28-29-30-31-32-33-34-35-36-38-40-42-44-46-48-50-52-54-56-61(64)66-59(57-62)58-65-60(63)55-53-51-49-47-45-43-41-39-37-22-20-18-16-14-12-10-8-6-4-2/h5,7,11,13,17,19,23-24,26-27,29-30,32-33,35-36,40,42,46,48,59,62H,3-4,6,8-10,12,14-16,18,20-22,25,28,31,34,37-39,41,43-45,47,49-58H2,1-2H3/b7-5-,13-11-,19-17-,24-23-,27-26-,30-29-,33-32-,36-35-,42-40-,48-46-. The van der Waals surface area contributed by atoms with Gasteiger partial charge in [-0.3, -0.25) is 9.59 Å². The molecular weight excluding hydrogens is 813 g/mol. The van der Waals surface area contributed by atoms with Crippen LogP contribution in [0.25, 0.3) is 0 Å². The fraction of sp³-hybridized carbons (Fsp3) is 0.639. The van der Waals surface area contributed by atoms with E-state index in [1.807, 2.05) is 0 Å². The molecule has 0 bridgehead atoms. The summed E-state index contributed by atoms with van der Waals surface area (Å²) in [5, 5.41) is 9.63. The molecule has 1 unspecified atom stereocenters. The van der Waals surface area contributed by atoms with Gasteiger partial charge in [0, 0.05) is 12.8 Å². The maximum Gasteiger partial charge on any atom is 0.306 e. The number of rotatable bonds is 48. The average molecular weight is 913 g/mol. The Morgan fingerprint density at radius 1 is 0.364 bits per heavy atom. The Hall–Kier alpha value is -3.70. The maximum atomic E-state index is 12.3. The molecule has 0 aliphatic rings. The number of ether oxygens (including phenoxy) is 2. The van der Waals surface area contributed by atoms with Crippen LogP contribution in [0, 0.1) is 0 Å². The molecule has 0 rings (SSSR count). The second-order valence-corrected chi connectivity index (χ2v) is 17.6. The summed E-state index contributed by atoms with van der Waals surface area (Å²) in [5.41, 5.74) is 0. The zero-order valence-corrected chi connectivity index (χ0v) is 42.7. The highest BCUT2D eigenvalue weighted by Crippen LogP contribution is 2.15. The van der Waals surface area contributed by atoms with Crippen molar-refractivity contribution in [2.75, 3.05) is 13.2 Å². The number of hydrogen-bond acceptors (Lipinski definition) is 5. The molecular formula is C61H100O5. The molecule has 0 amide bonds. The second-order valence-electron chi connectivity index (χ2n) is 17.6. The van der Waals surface area contributed by atoms with E-state index in [1.165, 1.54) is 103 Å². The van der Waals surface area contributed by atoms with Gasteiger partial charge in [0.15, 0.2) is 6.10 Å². The van der Waals surface area contributed by atoms with E-state index in [1.54, 1.807) is 0 Å². The molecule has 0 saturated carbocycles. The minimum absolute atomic E-state index is 0.0883. The maximum absolute atomic E-state index is 12.3. The van der Waals surface area contributed by atoms with Crippen LogP contribution in [0.2, 0.25) is 0 Å². The lowest BCUT2D eigenvalue weighted by molar-refractivity contribution is -0.161. The summed E-state index contributed by atoms with van der Waals surface area (Å²) >= 11 is 0. The summed E-state index contributed by atoms with van der Waals surface area (Å²) in [6, 6.07) is 0. The van der Waals surface area contributed by atoms with Gasteiger partial charge in [0.25, 0.3) is 0 Å². The number of aliphatic hydroxyl groups is 1. The van der Waals surface area contributed by atoms with Crippen LogP contribution in [-0.2, 0) is 19.1 Å². The van der Waals surface area contributed by atoms with E-state index < -0.39 is 6.10 Å². The molecule has 0 aromatic carbocycles. The van der Waals surface area contributed by atoms with Crippen molar-refractivity contribution in [3.8, 4) is 0 Å². The summed E-state index contributed by atoms with van der Waals surface area (Å²) in [7, 11) is 0. The molecule has 66 heavy (non-hydrogen) atoms. The van der Waals surface area contributed by atoms with E-state index in [0.29, 0.717) is 12.8 Å². The zero-order chi connectivity index (χ0) is 47.7. The van der Waals surface area contributed by atoms with Crippen LogP contribution in [0.1, 0.15) is 232 Å². The Labute approximate surface area is 407 Å². The number of carbonyl (C=O) groups is 2. The van der Waals surface area contributed by atoms with Gasteiger partial charge in [0.05, 0.1) is 6.61 Å². The SMILES string of the molecule is CC/C=C\C/C=C\C/C=C\C/C=C\C/C=C\C/C=C\C/C=C\C/C=C\C/C=C\C/C=C\CCCCC(=O)OC(CO)COC(=O)CCCCCCCCCCCCCCCCCCCCC. The Morgan fingerprint density at radius 2 is 0.652 bits per heavy atom. The predicted octanol–water partition coefficient (Wildman–Crippen LogP) is 18.3. The summed E-state index contributed by atoms with van der Waals surface area (Å²) in [6.07, 6.45) is 81.6. The quantitative estimate of drug-likeness (QED) is 0.0374. The van der Waals surface area contributed by atoms with E-state index >= 15 is 0 Å². The van der Waals surface area contributed by atoms with E-state index in [0.717, 1.165) is 103 Å². The first kappa shape index (κ1) is 62.3. The van der Waals surface area contributed by atoms with Crippen LogP contribution in [0.15, 0.2) is 122 Å². The van der Waals surface area contributed by atoms with E-state index in [-0.39, 0.29) is 25.2 Å². The smallest absolute Gasteiger partial charge is 0.306 e. The number of hydrogen-bond donors (Lipinski definition) is 1. The highest BCUT2D eigenvalue weighted by atomic mass is 16.6. The molecule has 0 heterocycles. The lowest BCUT2D eigenvalue weighted by Crippen LogP contribution is -2.28. The highest BCUT2D eigenvalue weighted by molar-refractivity contribution is 5.70. The summed E-state index contributed by atoms with van der Waals surface area (Å²) in [6.45, 7) is 4.00. The van der Waals surface area contributed by atoms with Crippen LogP contribution in [-0.4, -0.2) is 36.4 Å². The minimum atomic E-state index is -0.802. The van der Waals surface area contributed by atoms with Crippen LogP contribution >= 0.6 is 0 Å². The second kappa shape index (κ2) is 55.6. The third-order valence-corrected chi connectivity index (χ3v) is 11.3.